The summed E-state index contributed by atoms with van der Waals surface area (Å²) in [6.07, 6.45) is 0.799. The number of aryl methyl sites for hydroxylation is 1. The summed E-state index contributed by atoms with van der Waals surface area (Å²) >= 11 is 0. The summed E-state index contributed by atoms with van der Waals surface area (Å²) < 4.78 is 11.1. The largest absolute Gasteiger partial charge is 0.473 e. The summed E-state index contributed by atoms with van der Waals surface area (Å²) in [5.74, 6) is 0.311. The summed E-state index contributed by atoms with van der Waals surface area (Å²) in [5, 5.41) is 9.36. The third-order valence-corrected chi connectivity index (χ3v) is 5.28. The zero-order valence-corrected chi connectivity index (χ0v) is 17.1. The Morgan fingerprint density at radius 2 is 2.03 bits per heavy atom. The van der Waals surface area contributed by atoms with Crippen LogP contribution in [0, 0.1) is 18.3 Å². The molecule has 5 nitrogen and oxygen atoms in total. The molecule has 0 N–H and O–H groups in total. The molecule has 5 heteroatoms. The zero-order chi connectivity index (χ0) is 21.1. The second-order valence-electron chi connectivity index (χ2n) is 7.34. The Morgan fingerprint density at radius 1 is 1.17 bits per heavy atom. The molecule has 0 saturated heterocycles. The smallest absolute Gasteiger partial charge is 0.310 e. The van der Waals surface area contributed by atoms with Crippen molar-refractivity contribution in [3.05, 3.63) is 81.9 Å². The van der Waals surface area contributed by atoms with Crippen LogP contribution in [0.3, 0.4) is 0 Å². The molecule has 0 atom stereocenters. The van der Waals surface area contributed by atoms with Crippen LogP contribution in [0.5, 0.6) is 5.88 Å². The number of pyridine rings is 1. The second-order valence-corrected chi connectivity index (χ2v) is 7.34. The van der Waals surface area contributed by atoms with Crippen LogP contribution in [0.15, 0.2) is 48.5 Å². The van der Waals surface area contributed by atoms with E-state index in [1.807, 2.05) is 43.3 Å². The van der Waals surface area contributed by atoms with Crippen LogP contribution in [-0.4, -0.2) is 17.6 Å². The summed E-state index contributed by atoms with van der Waals surface area (Å²) in [6.45, 7) is 4.54. The summed E-state index contributed by atoms with van der Waals surface area (Å²) in [4.78, 5) is 16.9. The topological polar surface area (TPSA) is 72.2 Å². The molecular weight excluding hydrogens is 376 g/mol. The van der Waals surface area contributed by atoms with E-state index in [0.29, 0.717) is 31.1 Å². The fourth-order valence-electron chi connectivity index (χ4n) is 3.79. The maximum atomic E-state index is 12.2. The standard InChI is InChI=1S/C25H22N2O3/c1-3-29-25(28)13-19-9-16(2)22-12-21(19)11-20-10-17(14-26)7-8-18(20)15-30-24-6-4-5-23(22)27-24/h4-10,12H,3,11,13,15H2,1-2H3. The molecule has 0 unspecified atom stereocenters. The van der Waals surface area contributed by atoms with Gasteiger partial charge in [0.25, 0.3) is 0 Å². The van der Waals surface area contributed by atoms with Gasteiger partial charge in [0.2, 0.25) is 5.88 Å². The molecule has 3 aromatic rings. The highest BCUT2D eigenvalue weighted by Gasteiger charge is 2.17. The van der Waals surface area contributed by atoms with Crippen molar-refractivity contribution in [2.75, 3.05) is 6.61 Å². The molecule has 0 aliphatic carbocycles. The van der Waals surface area contributed by atoms with Crippen LogP contribution in [0.25, 0.3) is 11.3 Å². The number of hydrogen-bond acceptors (Lipinski definition) is 5. The van der Waals surface area contributed by atoms with Gasteiger partial charge in [0, 0.05) is 11.6 Å². The van der Waals surface area contributed by atoms with Gasteiger partial charge in [-0.3, -0.25) is 4.79 Å². The number of carbonyl (C=O) groups excluding carboxylic acids is 1. The Hall–Kier alpha value is -3.65. The average molecular weight is 398 g/mol. The molecular formula is C25H22N2O3. The number of esters is 1. The van der Waals surface area contributed by atoms with E-state index in [0.717, 1.165) is 39.1 Å². The fraction of sp³-hybridized carbons (Fsp3) is 0.240. The van der Waals surface area contributed by atoms with Crippen LogP contribution < -0.4 is 4.74 Å². The Balaban J connectivity index is 1.89. The van der Waals surface area contributed by atoms with Crippen LogP contribution >= 0.6 is 0 Å². The number of carbonyl (C=O) groups is 1. The van der Waals surface area contributed by atoms with Crippen molar-refractivity contribution in [1.82, 2.24) is 4.98 Å². The van der Waals surface area contributed by atoms with Gasteiger partial charge in [-0.1, -0.05) is 18.2 Å². The lowest BCUT2D eigenvalue weighted by atomic mass is 9.90. The lowest BCUT2D eigenvalue weighted by molar-refractivity contribution is -0.142. The molecule has 0 fully saturated rings. The van der Waals surface area contributed by atoms with Crippen LogP contribution in [0.2, 0.25) is 0 Å². The number of hydrogen-bond donors (Lipinski definition) is 0. The monoisotopic (exact) mass is 398 g/mol. The summed E-state index contributed by atoms with van der Waals surface area (Å²) in [5.41, 5.74) is 7.42. The van der Waals surface area contributed by atoms with Crippen molar-refractivity contribution >= 4 is 5.97 Å². The molecule has 1 aliphatic heterocycles. The third kappa shape index (κ3) is 4.04. The first-order chi connectivity index (χ1) is 14.6. The molecule has 0 amide bonds. The molecule has 2 aromatic carbocycles. The Labute approximate surface area is 175 Å². The maximum absolute atomic E-state index is 12.2. The summed E-state index contributed by atoms with van der Waals surface area (Å²) in [6, 6.07) is 17.7. The maximum Gasteiger partial charge on any atom is 0.310 e. The van der Waals surface area contributed by atoms with Crippen LogP contribution in [0.4, 0.5) is 0 Å². The number of nitriles is 1. The van der Waals surface area contributed by atoms with E-state index in [2.05, 4.69) is 17.1 Å². The van der Waals surface area contributed by atoms with Crippen molar-refractivity contribution in [3.8, 4) is 23.2 Å². The van der Waals surface area contributed by atoms with Gasteiger partial charge in [-0.25, -0.2) is 4.98 Å². The molecule has 150 valence electrons. The van der Waals surface area contributed by atoms with Crippen LogP contribution in [0.1, 0.15) is 40.3 Å². The Kier molecular flexibility index (Phi) is 5.49. The van der Waals surface area contributed by atoms with Gasteiger partial charge < -0.3 is 9.47 Å². The van der Waals surface area contributed by atoms with Crippen molar-refractivity contribution in [1.29, 1.82) is 5.26 Å². The molecule has 4 rings (SSSR count). The lowest BCUT2D eigenvalue weighted by Gasteiger charge is -2.15. The zero-order valence-electron chi connectivity index (χ0n) is 17.1. The molecule has 0 spiro atoms. The minimum absolute atomic E-state index is 0.210. The molecule has 1 aromatic heterocycles. The van der Waals surface area contributed by atoms with Crippen molar-refractivity contribution in [2.24, 2.45) is 0 Å². The van der Waals surface area contributed by atoms with E-state index < -0.39 is 0 Å². The molecule has 30 heavy (non-hydrogen) atoms. The minimum atomic E-state index is -0.246. The second kappa shape index (κ2) is 8.38. The normalized spacial score (nSPS) is 12.0. The van der Waals surface area contributed by atoms with Crippen molar-refractivity contribution < 1.29 is 14.3 Å². The van der Waals surface area contributed by atoms with E-state index in [9.17, 15) is 10.1 Å². The van der Waals surface area contributed by atoms with Gasteiger partial charge in [0.05, 0.1) is 30.4 Å². The van der Waals surface area contributed by atoms with E-state index >= 15 is 0 Å². The lowest BCUT2D eigenvalue weighted by Crippen LogP contribution is -2.11. The van der Waals surface area contributed by atoms with Crippen LogP contribution in [-0.2, 0) is 29.0 Å². The number of benzene rings is 2. The van der Waals surface area contributed by atoms with E-state index in [1.54, 1.807) is 13.0 Å². The van der Waals surface area contributed by atoms with Gasteiger partial charge in [-0.15, -0.1) is 0 Å². The molecule has 4 bridgehead atoms. The van der Waals surface area contributed by atoms with Gasteiger partial charge in [0.1, 0.15) is 6.61 Å². The highest BCUT2D eigenvalue weighted by atomic mass is 16.5. The van der Waals surface area contributed by atoms with Gasteiger partial charge in [-0.05, 0) is 72.4 Å². The number of fused-ring (bicyclic) bond motifs is 6. The quantitative estimate of drug-likeness (QED) is 0.607. The Bertz CT molecular complexity index is 1160. The van der Waals surface area contributed by atoms with E-state index in [4.69, 9.17) is 9.47 Å². The number of nitrogens with zero attached hydrogens (tertiary/aromatic N) is 2. The number of aromatic nitrogens is 1. The molecule has 0 radical (unpaired) electrons. The van der Waals surface area contributed by atoms with Gasteiger partial charge >= 0.3 is 5.97 Å². The van der Waals surface area contributed by atoms with Gasteiger partial charge in [0.15, 0.2) is 0 Å². The molecule has 1 aliphatic rings. The predicted molar refractivity (Wildman–Crippen MR) is 113 cm³/mol. The van der Waals surface area contributed by atoms with Crippen molar-refractivity contribution in [3.63, 3.8) is 0 Å². The van der Waals surface area contributed by atoms with Gasteiger partial charge in [-0.2, -0.15) is 5.26 Å². The average Bonchev–Trinajstić information content (AvgIpc) is 2.76. The third-order valence-electron chi connectivity index (χ3n) is 5.28. The minimum Gasteiger partial charge on any atom is -0.473 e. The number of rotatable bonds is 3. The van der Waals surface area contributed by atoms with E-state index in [1.165, 1.54) is 0 Å². The SMILES string of the molecule is CCOC(=O)Cc1cc(C)c2cc1Cc1cc(C#N)ccc1COc1cccc-2n1. The number of ether oxygens (including phenoxy) is 2. The predicted octanol–water partition coefficient (Wildman–Crippen LogP) is 4.52. The highest BCUT2D eigenvalue weighted by Crippen LogP contribution is 2.31. The van der Waals surface area contributed by atoms with E-state index in [-0.39, 0.29) is 12.4 Å². The highest BCUT2D eigenvalue weighted by molar-refractivity contribution is 5.75. The first kappa shape index (κ1) is 19.7. The fourth-order valence-corrected chi connectivity index (χ4v) is 3.79. The first-order valence-electron chi connectivity index (χ1n) is 9.97. The molecule has 0 saturated carbocycles. The summed E-state index contributed by atoms with van der Waals surface area (Å²) in [7, 11) is 0. The van der Waals surface area contributed by atoms with Crippen molar-refractivity contribution in [2.45, 2.75) is 33.3 Å². The molecule has 2 heterocycles. The first-order valence-corrected chi connectivity index (χ1v) is 9.97. The Morgan fingerprint density at radius 3 is 2.83 bits per heavy atom.